The number of amides is 2. The van der Waals surface area contributed by atoms with Crippen LogP contribution in [-0.4, -0.2) is 47.2 Å². The summed E-state index contributed by atoms with van der Waals surface area (Å²) in [5, 5.41) is 7.55. The molecule has 20 heavy (non-hydrogen) atoms. The third-order valence-corrected chi connectivity index (χ3v) is 2.58. The van der Waals surface area contributed by atoms with E-state index in [2.05, 4.69) is 10.4 Å². The number of carbonyl (C=O) groups excluding carboxylic acids is 3. The van der Waals surface area contributed by atoms with Gasteiger partial charge >= 0.3 is 5.97 Å². The van der Waals surface area contributed by atoms with E-state index in [0.29, 0.717) is 0 Å². The molecular weight excluding hydrogens is 262 g/mol. The molecule has 0 aromatic rings. The maximum atomic E-state index is 11.9. The second-order valence-electron chi connectivity index (χ2n) is 5.69. The van der Waals surface area contributed by atoms with Crippen LogP contribution in [0.2, 0.25) is 0 Å². The van der Waals surface area contributed by atoms with Gasteiger partial charge in [-0.25, -0.2) is 9.80 Å². The molecule has 1 heterocycles. The number of nitrogens with zero attached hydrogens (tertiary/aromatic N) is 2. The fraction of sp³-hybridized carbons (Fsp3) is 0.692. The molecule has 1 aliphatic heterocycles. The van der Waals surface area contributed by atoms with E-state index in [-0.39, 0.29) is 24.5 Å². The number of hydrogen-bond acceptors (Lipinski definition) is 5. The lowest BCUT2D eigenvalue weighted by Gasteiger charge is -2.23. The molecule has 0 saturated heterocycles. The van der Waals surface area contributed by atoms with Crippen molar-refractivity contribution in [2.45, 2.75) is 52.2 Å². The molecule has 0 aliphatic carbocycles. The summed E-state index contributed by atoms with van der Waals surface area (Å²) in [6.45, 7) is 6.81. The summed E-state index contributed by atoms with van der Waals surface area (Å²) < 4.78 is 5.17. The van der Waals surface area contributed by atoms with Crippen LogP contribution in [0.5, 0.6) is 0 Å². The first-order valence-corrected chi connectivity index (χ1v) is 6.48. The van der Waals surface area contributed by atoms with E-state index >= 15 is 0 Å². The molecule has 0 radical (unpaired) electrons. The van der Waals surface area contributed by atoms with E-state index in [4.69, 9.17) is 4.74 Å². The average molecular weight is 283 g/mol. The van der Waals surface area contributed by atoms with Crippen molar-refractivity contribution in [1.29, 1.82) is 0 Å². The molecule has 0 aromatic heterocycles. The Hall–Kier alpha value is -1.92. The van der Waals surface area contributed by atoms with Gasteiger partial charge in [0.05, 0.1) is 0 Å². The summed E-state index contributed by atoms with van der Waals surface area (Å²) in [6.07, 6.45) is 0.514. The number of esters is 1. The minimum absolute atomic E-state index is 0.137. The number of carbonyl (C=O) groups is 3. The van der Waals surface area contributed by atoms with Gasteiger partial charge in [0.2, 0.25) is 5.91 Å². The molecule has 0 bridgehead atoms. The largest absolute Gasteiger partial charge is 0.458 e. The van der Waals surface area contributed by atoms with Gasteiger partial charge in [0, 0.05) is 19.9 Å². The molecule has 0 fully saturated rings. The maximum absolute atomic E-state index is 11.9. The van der Waals surface area contributed by atoms with Gasteiger partial charge in [-0.1, -0.05) is 0 Å². The lowest BCUT2D eigenvalue weighted by molar-refractivity contribution is -0.157. The zero-order valence-corrected chi connectivity index (χ0v) is 12.5. The topological polar surface area (TPSA) is 88.1 Å². The van der Waals surface area contributed by atoms with Crippen molar-refractivity contribution in [2.75, 3.05) is 7.05 Å². The van der Waals surface area contributed by atoms with E-state index < -0.39 is 23.5 Å². The van der Waals surface area contributed by atoms with Crippen molar-refractivity contribution in [2.24, 2.45) is 5.10 Å². The van der Waals surface area contributed by atoms with Crippen LogP contribution in [0.3, 0.4) is 0 Å². The van der Waals surface area contributed by atoms with Crippen molar-refractivity contribution in [1.82, 2.24) is 10.3 Å². The lowest BCUT2D eigenvalue weighted by atomic mass is 10.1. The maximum Gasteiger partial charge on any atom is 0.328 e. The van der Waals surface area contributed by atoms with E-state index in [1.54, 1.807) is 27.7 Å². The molecule has 1 aliphatic rings. The van der Waals surface area contributed by atoms with Crippen LogP contribution in [0.4, 0.5) is 0 Å². The molecule has 7 nitrogen and oxygen atoms in total. The van der Waals surface area contributed by atoms with Crippen LogP contribution in [0.1, 0.15) is 40.5 Å². The molecule has 1 rings (SSSR count). The van der Waals surface area contributed by atoms with E-state index in [1.807, 2.05) is 0 Å². The van der Waals surface area contributed by atoms with Crippen molar-refractivity contribution in [3.05, 3.63) is 0 Å². The van der Waals surface area contributed by atoms with E-state index in [1.165, 1.54) is 7.05 Å². The van der Waals surface area contributed by atoms with Gasteiger partial charge < -0.3 is 10.1 Å². The highest BCUT2D eigenvalue weighted by molar-refractivity contribution is 6.39. The van der Waals surface area contributed by atoms with Gasteiger partial charge in [-0.2, -0.15) is 5.10 Å². The summed E-state index contributed by atoms with van der Waals surface area (Å²) in [6, 6.07) is -0.771. The Bertz CT molecular complexity index is 451. The number of hydrazone groups is 1. The Kier molecular flexibility index (Phi) is 4.86. The van der Waals surface area contributed by atoms with Gasteiger partial charge in [0.1, 0.15) is 17.4 Å². The first kappa shape index (κ1) is 16.1. The minimum atomic E-state index is -0.771. The Morgan fingerprint density at radius 2 is 1.95 bits per heavy atom. The molecule has 7 heteroatoms. The normalized spacial score (nSPS) is 17.4. The van der Waals surface area contributed by atoms with Gasteiger partial charge in [0.25, 0.3) is 5.91 Å². The lowest BCUT2D eigenvalue weighted by Crippen LogP contribution is -2.46. The number of ether oxygens (including phenoxy) is 1. The van der Waals surface area contributed by atoms with Crippen LogP contribution in [-0.2, 0) is 19.1 Å². The second kappa shape index (κ2) is 6.02. The van der Waals surface area contributed by atoms with Crippen molar-refractivity contribution < 1.29 is 19.1 Å². The summed E-state index contributed by atoms with van der Waals surface area (Å²) in [4.78, 5) is 35.0. The van der Waals surface area contributed by atoms with Crippen LogP contribution >= 0.6 is 0 Å². The Balaban J connectivity index is 2.60. The van der Waals surface area contributed by atoms with Crippen LogP contribution < -0.4 is 5.32 Å². The monoisotopic (exact) mass is 283 g/mol. The fourth-order valence-electron chi connectivity index (χ4n) is 1.56. The average Bonchev–Trinajstić information content (AvgIpc) is 2.30. The third kappa shape index (κ3) is 4.64. The predicted octanol–water partition coefficient (Wildman–Crippen LogP) is 0.441. The Morgan fingerprint density at radius 3 is 2.45 bits per heavy atom. The summed E-state index contributed by atoms with van der Waals surface area (Å²) >= 11 is 0. The molecule has 0 unspecified atom stereocenters. The van der Waals surface area contributed by atoms with Gasteiger partial charge in [-0.05, 0) is 27.7 Å². The summed E-state index contributed by atoms with van der Waals surface area (Å²) in [5.74, 6) is -1.10. The van der Waals surface area contributed by atoms with E-state index in [9.17, 15) is 14.4 Å². The smallest absolute Gasteiger partial charge is 0.328 e. The van der Waals surface area contributed by atoms with Crippen LogP contribution in [0.15, 0.2) is 5.10 Å². The van der Waals surface area contributed by atoms with Crippen molar-refractivity contribution in [3.63, 3.8) is 0 Å². The molecule has 0 saturated carbocycles. The van der Waals surface area contributed by atoms with Gasteiger partial charge in [-0.3, -0.25) is 9.59 Å². The summed E-state index contributed by atoms with van der Waals surface area (Å²) in [7, 11) is 1.49. The Labute approximate surface area is 118 Å². The molecule has 1 N–H and O–H groups in total. The molecule has 0 aromatic carbocycles. The highest BCUT2D eigenvalue weighted by Crippen LogP contribution is 2.09. The molecule has 2 amide bonds. The SMILES string of the molecule is C[C@@H](NC(=O)C1=NN(C)C(=O)CC1)C(=O)OC(C)(C)C. The molecule has 0 spiro atoms. The summed E-state index contributed by atoms with van der Waals surface area (Å²) in [5.41, 5.74) is -0.368. The standard InChI is InChI=1S/C13H21N3O4/c1-8(12(19)20-13(2,3)4)14-11(18)9-6-7-10(17)16(5)15-9/h8H,6-7H2,1-5H3,(H,14,18)/t8-/m1/s1. The van der Waals surface area contributed by atoms with Crippen LogP contribution in [0, 0.1) is 0 Å². The fourth-order valence-corrected chi connectivity index (χ4v) is 1.56. The quantitative estimate of drug-likeness (QED) is 0.761. The highest BCUT2D eigenvalue weighted by atomic mass is 16.6. The predicted molar refractivity (Wildman–Crippen MR) is 72.9 cm³/mol. The zero-order chi connectivity index (χ0) is 15.5. The Morgan fingerprint density at radius 1 is 1.35 bits per heavy atom. The van der Waals surface area contributed by atoms with Crippen molar-refractivity contribution in [3.8, 4) is 0 Å². The number of hydrogen-bond donors (Lipinski definition) is 1. The van der Waals surface area contributed by atoms with Crippen molar-refractivity contribution >= 4 is 23.5 Å². The second-order valence-corrected chi connectivity index (χ2v) is 5.69. The van der Waals surface area contributed by atoms with E-state index in [0.717, 1.165) is 5.01 Å². The molecule has 1 atom stereocenters. The number of nitrogens with one attached hydrogen (secondary N) is 1. The highest BCUT2D eigenvalue weighted by Gasteiger charge is 2.27. The van der Waals surface area contributed by atoms with Gasteiger partial charge in [-0.15, -0.1) is 0 Å². The minimum Gasteiger partial charge on any atom is -0.458 e. The van der Waals surface area contributed by atoms with Crippen LogP contribution in [0.25, 0.3) is 0 Å². The molecular formula is C13H21N3O4. The zero-order valence-electron chi connectivity index (χ0n) is 12.5. The first-order valence-electron chi connectivity index (χ1n) is 6.48. The van der Waals surface area contributed by atoms with Gasteiger partial charge in [0.15, 0.2) is 0 Å². The molecule has 112 valence electrons. The first-order chi connectivity index (χ1) is 9.10. The third-order valence-electron chi connectivity index (χ3n) is 2.58. The number of rotatable bonds is 3.